The minimum atomic E-state index is -1.82. The molecule has 2 rings (SSSR count). The van der Waals surface area contributed by atoms with Crippen molar-refractivity contribution in [1.82, 2.24) is 4.57 Å². The molecule has 0 fully saturated rings. The molecule has 0 bridgehead atoms. The molecule has 27 heavy (non-hydrogen) atoms. The maximum Gasteiger partial charge on any atom is 0.250 e. The highest BCUT2D eigenvalue weighted by Gasteiger charge is 2.38. The number of anilines is 2. The van der Waals surface area contributed by atoms with Crippen molar-refractivity contribution < 1.29 is 8.54 Å². The van der Waals surface area contributed by atoms with Crippen molar-refractivity contribution in [1.29, 1.82) is 5.26 Å². The van der Waals surface area contributed by atoms with Crippen LogP contribution in [0, 0.1) is 18.3 Å². The van der Waals surface area contributed by atoms with Crippen LogP contribution < -0.4 is 9.74 Å². The molecule has 1 aromatic carbocycles. The predicted octanol–water partition coefficient (Wildman–Crippen LogP) is 6.87. The van der Waals surface area contributed by atoms with Gasteiger partial charge >= 0.3 is 0 Å². The second kappa shape index (κ2) is 9.65. The number of halogens is 1. The Kier molecular flexibility index (Phi) is 6.75. The molecule has 0 radical (unpaired) electrons. The first-order valence-electron chi connectivity index (χ1n) is 10.4. The van der Waals surface area contributed by atoms with Gasteiger partial charge in [0.2, 0.25) is 8.32 Å². The Bertz CT molecular complexity index is 873. The van der Waals surface area contributed by atoms with E-state index in [2.05, 4.69) is 45.3 Å². The van der Waals surface area contributed by atoms with Gasteiger partial charge in [0.25, 0.3) is 0 Å². The smallest absolute Gasteiger partial charge is 0.250 e. The lowest BCUT2D eigenvalue weighted by Crippen LogP contribution is -2.43. The Labute approximate surface area is 183 Å². The number of aromatic nitrogens is 1. The SMILES string of the molecule is CCn1c(C#N)cc(Nc2ccc(O[Si](C)(C)C(C)(C)C)cc2)c1C.[2H]C([2H])([2H])I. The number of nitriles is 1. The fourth-order valence-electron chi connectivity index (χ4n) is 2.48. The Hall–Kier alpha value is -1.46. The van der Waals surface area contributed by atoms with Crippen molar-refractivity contribution in [2.45, 2.75) is 59.3 Å². The zero-order valence-corrected chi connectivity index (χ0v) is 20.4. The van der Waals surface area contributed by atoms with Gasteiger partial charge in [0.05, 0.1) is 5.69 Å². The van der Waals surface area contributed by atoms with E-state index < -0.39 is 13.2 Å². The number of nitrogens with one attached hydrogen (secondary N) is 1. The summed E-state index contributed by atoms with van der Waals surface area (Å²) in [5, 5.41) is 12.8. The summed E-state index contributed by atoms with van der Waals surface area (Å²) in [6.07, 6.45) is 0. The van der Waals surface area contributed by atoms with Crippen molar-refractivity contribution in [3.05, 3.63) is 41.7 Å². The van der Waals surface area contributed by atoms with E-state index in [0.717, 1.165) is 29.4 Å². The third-order valence-corrected chi connectivity index (χ3v) is 9.47. The standard InChI is InChI=1S/C20H29N3OSi.CH3I/c1-8-23-15(2)19(13-17(23)14-21)22-16-9-11-18(12-10-16)24-25(6,7)20(3,4)5;1-2/h9-13,22H,8H2,1-7H3;1H3/i;1D3. The first kappa shape index (κ1) is 18.9. The highest BCUT2D eigenvalue weighted by atomic mass is 127. The van der Waals surface area contributed by atoms with Crippen molar-refractivity contribution in [2.75, 3.05) is 10.2 Å². The molecule has 0 amide bonds. The molecule has 0 unspecified atom stereocenters. The first-order chi connectivity index (χ1) is 13.6. The summed E-state index contributed by atoms with van der Waals surface area (Å²) in [6, 6.07) is 12.2. The van der Waals surface area contributed by atoms with Gasteiger partial charge in [0.15, 0.2) is 0 Å². The van der Waals surface area contributed by atoms with Crippen LogP contribution >= 0.6 is 22.6 Å². The number of alkyl halides is 1. The molecule has 0 saturated heterocycles. The van der Waals surface area contributed by atoms with Gasteiger partial charge in [-0.3, -0.25) is 0 Å². The molecular weight excluding hydrogens is 465 g/mol. The average Bonchev–Trinajstić information content (AvgIpc) is 2.89. The third kappa shape index (κ3) is 5.75. The summed E-state index contributed by atoms with van der Waals surface area (Å²) < 4.78 is 27.1. The molecule has 1 aromatic heterocycles. The largest absolute Gasteiger partial charge is 0.544 e. The van der Waals surface area contributed by atoms with E-state index in [9.17, 15) is 5.26 Å². The van der Waals surface area contributed by atoms with Gasteiger partial charge in [-0.25, -0.2) is 0 Å². The Morgan fingerprint density at radius 3 is 2.26 bits per heavy atom. The lowest BCUT2D eigenvalue weighted by Gasteiger charge is -2.36. The second-order valence-electron chi connectivity index (χ2n) is 7.90. The molecule has 6 heteroatoms. The fraction of sp³-hybridized carbons (Fsp3) is 0.476. The summed E-state index contributed by atoms with van der Waals surface area (Å²) in [5.41, 5.74) is 3.71. The molecule has 0 atom stereocenters. The molecule has 0 spiro atoms. The predicted molar refractivity (Wildman–Crippen MR) is 127 cm³/mol. The third-order valence-electron chi connectivity index (χ3n) is 5.11. The summed E-state index contributed by atoms with van der Waals surface area (Å²) in [7, 11) is -1.82. The van der Waals surface area contributed by atoms with Gasteiger partial charge < -0.3 is 14.3 Å². The van der Waals surface area contributed by atoms with Crippen LogP contribution in [0.25, 0.3) is 0 Å². The van der Waals surface area contributed by atoms with E-state index in [1.54, 1.807) is 0 Å². The average molecular weight is 501 g/mol. The molecule has 0 aliphatic carbocycles. The first-order valence-corrected chi connectivity index (χ1v) is 12.9. The minimum absolute atomic E-state index is 0.178. The van der Waals surface area contributed by atoms with Crippen LogP contribution in [0.5, 0.6) is 5.75 Å². The van der Waals surface area contributed by atoms with Gasteiger partial charge in [-0.05, 0) is 67.2 Å². The summed E-state index contributed by atoms with van der Waals surface area (Å²) in [5.74, 6) is 0.915. The van der Waals surface area contributed by atoms with Gasteiger partial charge in [-0.2, -0.15) is 5.26 Å². The molecule has 1 heterocycles. The molecule has 2 aromatic rings. The van der Waals surface area contributed by atoms with Gasteiger partial charge in [0, 0.05) is 22.0 Å². The van der Waals surface area contributed by atoms with Crippen molar-refractivity contribution >= 4 is 42.3 Å². The molecule has 0 saturated carbocycles. The van der Waals surface area contributed by atoms with E-state index in [1.165, 1.54) is 22.6 Å². The maximum absolute atomic E-state index is 9.25. The number of nitrogens with zero attached hydrogens (tertiary/aromatic N) is 2. The summed E-state index contributed by atoms with van der Waals surface area (Å²) >= 11 is 1.38. The van der Waals surface area contributed by atoms with E-state index in [1.807, 2.05) is 48.7 Å². The quantitative estimate of drug-likeness (QED) is 0.277. The van der Waals surface area contributed by atoms with Crippen LogP contribution in [0.1, 0.15) is 43.2 Å². The zero-order chi connectivity index (χ0) is 23.3. The van der Waals surface area contributed by atoms with E-state index in [-0.39, 0.29) is 5.04 Å². The maximum atomic E-state index is 9.25. The Balaban J connectivity index is 0.000000804. The molecule has 0 aliphatic rings. The second-order valence-corrected chi connectivity index (χ2v) is 12.6. The Morgan fingerprint density at radius 1 is 1.30 bits per heavy atom. The van der Waals surface area contributed by atoms with Crippen LogP contribution in [-0.2, 0) is 6.54 Å². The monoisotopic (exact) mass is 500 g/mol. The topological polar surface area (TPSA) is 50.0 Å². The number of hydrogen-bond acceptors (Lipinski definition) is 3. The van der Waals surface area contributed by atoms with Crippen LogP contribution in [0.2, 0.25) is 18.1 Å². The lowest BCUT2D eigenvalue weighted by molar-refractivity contribution is 0.492. The molecule has 1 N–H and O–H groups in total. The zero-order valence-electron chi connectivity index (χ0n) is 20.3. The molecule has 0 aliphatic heterocycles. The van der Waals surface area contributed by atoms with Gasteiger partial charge in [-0.1, -0.05) is 43.4 Å². The molecule has 148 valence electrons. The van der Waals surface area contributed by atoms with Gasteiger partial charge in [0.1, 0.15) is 17.5 Å². The highest BCUT2D eigenvalue weighted by molar-refractivity contribution is 14.1. The number of hydrogen-bond donors (Lipinski definition) is 1. The van der Waals surface area contributed by atoms with Crippen LogP contribution in [0.15, 0.2) is 30.3 Å². The Morgan fingerprint density at radius 2 is 1.85 bits per heavy atom. The fourth-order valence-corrected chi connectivity index (χ4v) is 3.51. The number of benzene rings is 1. The van der Waals surface area contributed by atoms with Crippen molar-refractivity contribution in [3.8, 4) is 11.8 Å². The summed E-state index contributed by atoms with van der Waals surface area (Å²) in [6.45, 7) is 16.1. The van der Waals surface area contributed by atoms with Crippen LogP contribution in [0.3, 0.4) is 0 Å². The molecular formula is C21H32IN3OSi. The highest BCUT2D eigenvalue weighted by Crippen LogP contribution is 2.37. The van der Waals surface area contributed by atoms with Crippen molar-refractivity contribution in [2.24, 2.45) is 0 Å². The minimum Gasteiger partial charge on any atom is -0.544 e. The van der Waals surface area contributed by atoms with E-state index in [4.69, 9.17) is 8.54 Å². The summed E-state index contributed by atoms with van der Waals surface area (Å²) in [4.78, 5) is -1.78. The molecule has 4 nitrogen and oxygen atoms in total. The van der Waals surface area contributed by atoms with Crippen LogP contribution in [-0.4, -0.2) is 17.7 Å². The van der Waals surface area contributed by atoms with Crippen LogP contribution in [0.4, 0.5) is 11.4 Å². The van der Waals surface area contributed by atoms with Gasteiger partial charge in [-0.15, -0.1) is 0 Å². The van der Waals surface area contributed by atoms with E-state index in [0.29, 0.717) is 5.69 Å². The van der Waals surface area contributed by atoms with Crippen molar-refractivity contribution in [3.63, 3.8) is 0 Å². The van der Waals surface area contributed by atoms with E-state index >= 15 is 0 Å². The lowest BCUT2D eigenvalue weighted by atomic mass is 10.2. The number of rotatable bonds is 5. The normalized spacial score (nSPS) is 13.4.